The molecule has 0 rings (SSSR count). The Morgan fingerprint density at radius 3 is 2.14 bits per heavy atom. The molecule has 1 atom stereocenters. The van der Waals surface area contributed by atoms with E-state index in [1.165, 1.54) is 0 Å². The zero-order valence-electron chi connectivity index (χ0n) is 4.56. The second-order valence-electron chi connectivity index (χ2n) is 1.58. The Bertz CT molecular complexity index is 35.2. The van der Waals surface area contributed by atoms with E-state index >= 15 is 0 Å². The Labute approximate surface area is 45.4 Å². The summed E-state index contributed by atoms with van der Waals surface area (Å²) >= 11 is 0. The van der Waals surface area contributed by atoms with Crippen LogP contribution in [0.25, 0.3) is 0 Å². The number of hydrogen-bond donors (Lipinski definition) is 1. The first-order valence-corrected chi connectivity index (χ1v) is 2.57. The first-order valence-electron chi connectivity index (χ1n) is 2.57. The molecule has 0 amide bonds. The van der Waals surface area contributed by atoms with E-state index in [1.807, 2.05) is 0 Å². The highest BCUT2D eigenvalue weighted by molar-refractivity contribution is 4.56. The van der Waals surface area contributed by atoms with E-state index in [2.05, 4.69) is 13.8 Å². The third-order valence-electron chi connectivity index (χ3n) is 0.871. The highest BCUT2D eigenvalue weighted by atomic mass is 16.3. The van der Waals surface area contributed by atoms with Gasteiger partial charge in [-0.25, -0.2) is 0 Å². The number of aliphatic hydroxyl groups excluding tert-OH is 1. The van der Waals surface area contributed by atoms with E-state index < -0.39 is 0 Å². The molecule has 0 aromatic rings. The molecule has 1 N–H and O–H groups in total. The van der Waals surface area contributed by atoms with Gasteiger partial charge in [-0.2, -0.15) is 0 Å². The molecule has 0 bridgehead atoms. The average molecular weight is 100 g/mol. The summed E-state index contributed by atoms with van der Waals surface area (Å²) in [5, 5.41) is 8.76. The van der Waals surface area contributed by atoms with Crippen molar-refractivity contribution in [2.45, 2.75) is 25.4 Å². The number of hydrogen-bond acceptors (Lipinski definition) is 1. The summed E-state index contributed by atoms with van der Waals surface area (Å²) in [5.41, 5.74) is 0. The van der Waals surface area contributed by atoms with Gasteiger partial charge in [0.05, 0.1) is 6.10 Å². The molecule has 1 unspecified atom stereocenters. The molecule has 0 fully saturated rings. The molecule has 0 spiro atoms. The molecular weight excluding hydrogens is 88.1 g/mol. The smallest absolute Gasteiger partial charge is 0.0540 e. The van der Waals surface area contributed by atoms with Gasteiger partial charge in [0.2, 0.25) is 0 Å². The second-order valence-corrected chi connectivity index (χ2v) is 1.58. The van der Waals surface area contributed by atoms with E-state index in [4.69, 9.17) is 5.11 Å². The van der Waals surface area contributed by atoms with Crippen molar-refractivity contribution in [2.75, 3.05) is 0 Å². The standard InChI is InChI=1S/C6H12O/c1-3-5-6(7)4-2/h6-7H,1-5H2. The summed E-state index contributed by atoms with van der Waals surface area (Å²) in [4.78, 5) is 0. The lowest BCUT2D eigenvalue weighted by Crippen LogP contribution is -2.02. The molecule has 0 aliphatic carbocycles. The lowest BCUT2D eigenvalue weighted by Gasteiger charge is -2.01. The molecule has 1 nitrogen and oxygen atoms in total. The average Bonchev–Trinajstić information content (AvgIpc) is 1.68. The first kappa shape index (κ1) is 6.96. The minimum Gasteiger partial charge on any atom is -0.393 e. The molecule has 42 valence electrons. The quantitative estimate of drug-likeness (QED) is 0.564. The Morgan fingerprint density at radius 2 is 2.00 bits per heavy atom. The van der Waals surface area contributed by atoms with Crippen LogP contribution >= 0.6 is 0 Å². The van der Waals surface area contributed by atoms with Crippen molar-refractivity contribution in [2.24, 2.45) is 0 Å². The van der Waals surface area contributed by atoms with Gasteiger partial charge in [0.1, 0.15) is 0 Å². The van der Waals surface area contributed by atoms with Crippen molar-refractivity contribution in [3.05, 3.63) is 13.8 Å². The SMILES string of the molecule is [CH2]CCC(O)C[CH2]. The summed E-state index contributed by atoms with van der Waals surface area (Å²) in [6.45, 7) is 7.11. The van der Waals surface area contributed by atoms with Crippen molar-refractivity contribution in [3.63, 3.8) is 0 Å². The van der Waals surface area contributed by atoms with Crippen molar-refractivity contribution in [1.29, 1.82) is 0 Å². The maximum Gasteiger partial charge on any atom is 0.0540 e. The third kappa shape index (κ3) is 3.80. The lowest BCUT2D eigenvalue weighted by atomic mass is 10.2. The Balaban J connectivity index is 2.83. The van der Waals surface area contributed by atoms with Crippen molar-refractivity contribution in [3.8, 4) is 0 Å². The summed E-state index contributed by atoms with van der Waals surface area (Å²) < 4.78 is 0. The van der Waals surface area contributed by atoms with E-state index in [1.54, 1.807) is 0 Å². The van der Waals surface area contributed by atoms with E-state index in [0.717, 1.165) is 12.8 Å². The summed E-state index contributed by atoms with van der Waals surface area (Å²) in [6, 6.07) is 0. The fourth-order valence-electron chi connectivity index (χ4n) is 0.380. The maximum absolute atomic E-state index is 8.76. The van der Waals surface area contributed by atoms with Crippen LogP contribution in [0.4, 0.5) is 0 Å². The molecule has 0 heterocycles. The molecule has 0 aromatic carbocycles. The zero-order chi connectivity index (χ0) is 5.70. The van der Waals surface area contributed by atoms with Gasteiger partial charge in [-0.3, -0.25) is 0 Å². The predicted molar refractivity (Wildman–Crippen MR) is 30.6 cm³/mol. The molecular formula is C6H12O. The van der Waals surface area contributed by atoms with Gasteiger partial charge >= 0.3 is 0 Å². The molecule has 0 saturated carbocycles. The van der Waals surface area contributed by atoms with Crippen LogP contribution in [0.3, 0.4) is 0 Å². The minimum atomic E-state index is -0.225. The maximum atomic E-state index is 8.76. The number of aliphatic hydroxyl groups is 1. The van der Waals surface area contributed by atoms with Crippen LogP contribution in [0.2, 0.25) is 0 Å². The fraction of sp³-hybridized carbons (Fsp3) is 0.667. The first-order chi connectivity index (χ1) is 3.31. The van der Waals surface area contributed by atoms with Gasteiger partial charge in [0.15, 0.2) is 0 Å². The number of rotatable bonds is 3. The Hall–Kier alpha value is -0.0400. The van der Waals surface area contributed by atoms with Gasteiger partial charge in [0, 0.05) is 0 Å². The Kier molecular flexibility index (Phi) is 4.10. The van der Waals surface area contributed by atoms with E-state index in [0.29, 0.717) is 6.42 Å². The third-order valence-corrected chi connectivity index (χ3v) is 0.871. The fourth-order valence-corrected chi connectivity index (χ4v) is 0.380. The van der Waals surface area contributed by atoms with Crippen LogP contribution in [-0.4, -0.2) is 11.2 Å². The van der Waals surface area contributed by atoms with E-state index in [9.17, 15) is 0 Å². The van der Waals surface area contributed by atoms with Gasteiger partial charge < -0.3 is 5.11 Å². The normalized spacial score (nSPS) is 14.1. The van der Waals surface area contributed by atoms with Crippen LogP contribution in [-0.2, 0) is 0 Å². The van der Waals surface area contributed by atoms with Crippen molar-refractivity contribution in [1.82, 2.24) is 0 Å². The van der Waals surface area contributed by atoms with Crippen LogP contribution in [0.1, 0.15) is 19.3 Å². The highest BCUT2D eigenvalue weighted by Crippen LogP contribution is 1.97. The van der Waals surface area contributed by atoms with Gasteiger partial charge in [0.25, 0.3) is 0 Å². The molecule has 2 radical (unpaired) electrons. The second kappa shape index (κ2) is 4.13. The molecule has 7 heavy (non-hydrogen) atoms. The largest absolute Gasteiger partial charge is 0.393 e. The van der Waals surface area contributed by atoms with E-state index in [-0.39, 0.29) is 6.10 Å². The van der Waals surface area contributed by atoms with Crippen LogP contribution in [0.5, 0.6) is 0 Å². The predicted octanol–water partition coefficient (Wildman–Crippen LogP) is 1.19. The van der Waals surface area contributed by atoms with Crippen LogP contribution < -0.4 is 0 Å². The minimum absolute atomic E-state index is 0.225. The summed E-state index contributed by atoms with van der Waals surface area (Å²) in [5.74, 6) is 0. The molecule has 0 saturated heterocycles. The monoisotopic (exact) mass is 100 g/mol. The van der Waals surface area contributed by atoms with Gasteiger partial charge in [-0.15, -0.1) is 0 Å². The van der Waals surface area contributed by atoms with Crippen molar-refractivity contribution < 1.29 is 5.11 Å². The van der Waals surface area contributed by atoms with Crippen molar-refractivity contribution >= 4 is 0 Å². The topological polar surface area (TPSA) is 20.2 Å². The van der Waals surface area contributed by atoms with Crippen LogP contribution in [0.15, 0.2) is 0 Å². The molecule has 1 heteroatoms. The molecule has 0 aliphatic rings. The zero-order valence-corrected chi connectivity index (χ0v) is 4.56. The summed E-state index contributed by atoms with van der Waals surface area (Å²) in [7, 11) is 0. The van der Waals surface area contributed by atoms with Crippen LogP contribution in [0, 0.1) is 13.8 Å². The van der Waals surface area contributed by atoms with Gasteiger partial charge in [-0.1, -0.05) is 20.3 Å². The highest BCUT2D eigenvalue weighted by Gasteiger charge is 1.94. The Morgan fingerprint density at radius 1 is 1.43 bits per heavy atom. The lowest BCUT2D eigenvalue weighted by molar-refractivity contribution is 0.168. The summed E-state index contributed by atoms with van der Waals surface area (Å²) in [6.07, 6.45) is 1.97. The van der Waals surface area contributed by atoms with Gasteiger partial charge in [-0.05, 0) is 12.8 Å². The molecule has 0 aromatic heterocycles. The molecule has 0 aliphatic heterocycles.